The molecule has 144 valence electrons. The van der Waals surface area contributed by atoms with E-state index in [4.69, 9.17) is 11.6 Å². The van der Waals surface area contributed by atoms with Crippen LogP contribution in [0.25, 0.3) is 0 Å². The van der Waals surface area contributed by atoms with Gasteiger partial charge in [0.1, 0.15) is 5.82 Å². The molecular weight excluding hydrogens is 407 g/mol. The first-order chi connectivity index (χ1) is 13.3. The molecule has 7 nitrogen and oxygen atoms in total. The van der Waals surface area contributed by atoms with Crippen LogP contribution in [0.5, 0.6) is 0 Å². The Balaban J connectivity index is 1.64. The number of aromatic nitrogens is 2. The molecule has 0 fully saturated rings. The second-order valence-corrected chi connectivity index (χ2v) is 7.79. The van der Waals surface area contributed by atoms with Crippen LogP contribution in [0.3, 0.4) is 0 Å². The molecule has 28 heavy (non-hydrogen) atoms. The smallest absolute Gasteiger partial charge is 0.263 e. The van der Waals surface area contributed by atoms with Crippen molar-refractivity contribution >= 4 is 39.0 Å². The van der Waals surface area contributed by atoms with Gasteiger partial charge >= 0.3 is 0 Å². The zero-order valence-electron chi connectivity index (χ0n) is 14.3. The van der Waals surface area contributed by atoms with Crippen LogP contribution >= 0.6 is 11.6 Å². The third-order valence-electron chi connectivity index (χ3n) is 3.60. The minimum absolute atomic E-state index is 0.0132. The second-order valence-electron chi connectivity index (χ2n) is 5.72. The first kappa shape index (κ1) is 19.7. The lowest BCUT2D eigenvalue weighted by Gasteiger charge is -2.09. The van der Waals surface area contributed by atoms with Crippen molar-refractivity contribution in [1.82, 2.24) is 10.2 Å². The highest BCUT2D eigenvalue weighted by atomic mass is 35.5. The average Bonchev–Trinajstić information content (AvgIpc) is 2.66. The van der Waals surface area contributed by atoms with E-state index in [1.54, 1.807) is 0 Å². The Kier molecular flexibility index (Phi) is 5.86. The maximum absolute atomic E-state index is 12.9. The molecule has 0 atom stereocenters. The molecule has 0 spiro atoms. The molecule has 10 heteroatoms. The van der Waals surface area contributed by atoms with Gasteiger partial charge in [-0.05, 0) is 54.1 Å². The number of nitrogens with zero attached hydrogens (tertiary/aromatic N) is 2. The summed E-state index contributed by atoms with van der Waals surface area (Å²) in [7, 11) is -3.87. The summed E-state index contributed by atoms with van der Waals surface area (Å²) in [6.45, 7) is 0. The highest BCUT2D eigenvalue weighted by Crippen LogP contribution is 2.18. The van der Waals surface area contributed by atoms with Crippen molar-refractivity contribution in [3.8, 4) is 0 Å². The summed E-state index contributed by atoms with van der Waals surface area (Å²) in [5.41, 5.74) is 1.09. The molecule has 2 N–H and O–H groups in total. The fraction of sp³-hybridized carbons (Fsp3) is 0.0556. The second kappa shape index (κ2) is 8.32. The SMILES string of the molecule is O=C(Cc1ccc(F)cc1)Nc1ccc(S(=O)(=O)Nc2ccc(Cl)nn2)cc1. The Morgan fingerprint density at radius 1 is 0.964 bits per heavy atom. The summed E-state index contributed by atoms with van der Waals surface area (Å²) in [5.74, 6) is -0.656. The molecule has 0 saturated heterocycles. The number of halogens is 2. The zero-order chi connectivity index (χ0) is 20.1. The molecule has 0 saturated carbocycles. The number of benzene rings is 2. The van der Waals surface area contributed by atoms with Gasteiger partial charge in [-0.1, -0.05) is 23.7 Å². The van der Waals surface area contributed by atoms with Crippen LogP contribution in [-0.4, -0.2) is 24.5 Å². The standard InChI is InChI=1S/C18H14ClFN4O3S/c19-16-9-10-17(23-22-16)24-28(26,27)15-7-5-14(6-8-15)21-18(25)11-12-1-3-13(20)4-2-12/h1-10H,11H2,(H,21,25)(H,23,24). The minimum Gasteiger partial charge on any atom is -0.326 e. The van der Waals surface area contributed by atoms with Crippen LogP contribution in [-0.2, 0) is 21.2 Å². The van der Waals surface area contributed by atoms with Gasteiger partial charge in [-0.2, -0.15) is 0 Å². The normalized spacial score (nSPS) is 11.1. The van der Waals surface area contributed by atoms with Crippen molar-refractivity contribution in [2.24, 2.45) is 0 Å². The average molecular weight is 421 g/mol. The van der Waals surface area contributed by atoms with Crippen LogP contribution in [0, 0.1) is 5.82 Å². The number of hydrogen-bond acceptors (Lipinski definition) is 5. The lowest BCUT2D eigenvalue weighted by atomic mass is 10.1. The van der Waals surface area contributed by atoms with Gasteiger partial charge in [0.05, 0.1) is 11.3 Å². The molecule has 0 aliphatic carbocycles. The quantitative estimate of drug-likeness (QED) is 0.637. The monoisotopic (exact) mass is 420 g/mol. The van der Waals surface area contributed by atoms with Gasteiger partial charge in [0.25, 0.3) is 10.0 Å². The molecule has 3 rings (SSSR count). The fourth-order valence-electron chi connectivity index (χ4n) is 2.28. The van der Waals surface area contributed by atoms with Gasteiger partial charge in [-0.15, -0.1) is 10.2 Å². The van der Waals surface area contributed by atoms with E-state index < -0.39 is 10.0 Å². The van der Waals surface area contributed by atoms with Gasteiger partial charge in [0, 0.05) is 5.69 Å². The van der Waals surface area contributed by atoms with Gasteiger partial charge < -0.3 is 5.32 Å². The van der Waals surface area contributed by atoms with E-state index in [0.717, 1.165) is 0 Å². The molecular formula is C18H14ClFN4O3S. The maximum Gasteiger partial charge on any atom is 0.263 e. The fourth-order valence-corrected chi connectivity index (χ4v) is 3.37. The van der Waals surface area contributed by atoms with Crippen LogP contribution in [0.1, 0.15) is 5.56 Å². The van der Waals surface area contributed by atoms with E-state index >= 15 is 0 Å². The Morgan fingerprint density at radius 3 is 2.25 bits per heavy atom. The molecule has 0 radical (unpaired) electrons. The molecule has 0 unspecified atom stereocenters. The van der Waals surface area contributed by atoms with Crippen molar-refractivity contribution in [2.45, 2.75) is 11.3 Å². The largest absolute Gasteiger partial charge is 0.326 e. The summed E-state index contributed by atoms with van der Waals surface area (Å²) in [5, 5.41) is 10.00. The number of carbonyl (C=O) groups excluding carboxylic acids is 1. The predicted octanol–water partition coefficient (Wildman–Crippen LogP) is 3.25. The van der Waals surface area contributed by atoms with E-state index in [-0.39, 0.29) is 34.0 Å². The number of rotatable bonds is 6. The van der Waals surface area contributed by atoms with Crippen molar-refractivity contribution in [2.75, 3.05) is 10.0 Å². The highest BCUT2D eigenvalue weighted by Gasteiger charge is 2.15. The molecule has 0 bridgehead atoms. The van der Waals surface area contributed by atoms with Crippen LogP contribution < -0.4 is 10.0 Å². The third-order valence-corrected chi connectivity index (χ3v) is 5.17. The molecule has 0 aliphatic rings. The summed E-state index contributed by atoms with van der Waals surface area (Å²) in [4.78, 5) is 12.0. The number of nitrogens with one attached hydrogen (secondary N) is 2. The zero-order valence-corrected chi connectivity index (χ0v) is 15.8. The van der Waals surface area contributed by atoms with Crippen LogP contribution in [0.15, 0.2) is 65.6 Å². The van der Waals surface area contributed by atoms with Crippen molar-refractivity contribution < 1.29 is 17.6 Å². The minimum atomic E-state index is -3.87. The summed E-state index contributed by atoms with van der Waals surface area (Å²) in [6, 6.07) is 14.0. The molecule has 1 amide bonds. The Hall–Kier alpha value is -3.04. The van der Waals surface area contributed by atoms with E-state index in [1.165, 1.54) is 60.7 Å². The number of amides is 1. The molecule has 0 aliphatic heterocycles. The summed E-state index contributed by atoms with van der Waals surface area (Å²) >= 11 is 5.61. The Morgan fingerprint density at radius 2 is 1.64 bits per heavy atom. The highest BCUT2D eigenvalue weighted by molar-refractivity contribution is 7.92. The number of hydrogen-bond donors (Lipinski definition) is 2. The van der Waals surface area contributed by atoms with Gasteiger partial charge in [-0.3, -0.25) is 9.52 Å². The molecule has 3 aromatic rings. The van der Waals surface area contributed by atoms with Crippen molar-refractivity contribution in [1.29, 1.82) is 0 Å². The van der Waals surface area contributed by atoms with Crippen LogP contribution in [0.2, 0.25) is 5.15 Å². The van der Waals surface area contributed by atoms with Gasteiger partial charge in [0.2, 0.25) is 5.91 Å². The van der Waals surface area contributed by atoms with E-state index in [0.29, 0.717) is 11.3 Å². The molecule has 2 aromatic carbocycles. The predicted molar refractivity (Wildman–Crippen MR) is 103 cm³/mol. The van der Waals surface area contributed by atoms with E-state index in [9.17, 15) is 17.6 Å². The Bertz CT molecular complexity index is 1070. The number of anilines is 2. The topological polar surface area (TPSA) is 101 Å². The maximum atomic E-state index is 12.9. The lowest BCUT2D eigenvalue weighted by molar-refractivity contribution is -0.115. The molecule has 1 aromatic heterocycles. The van der Waals surface area contributed by atoms with Gasteiger partial charge in [0.15, 0.2) is 11.0 Å². The lowest BCUT2D eigenvalue weighted by Crippen LogP contribution is -2.16. The number of carbonyl (C=O) groups is 1. The first-order valence-electron chi connectivity index (χ1n) is 7.98. The van der Waals surface area contributed by atoms with Crippen molar-refractivity contribution in [3.05, 3.63) is 77.2 Å². The first-order valence-corrected chi connectivity index (χ1v) is 9.84. The van der Waals surface area contributed by atoms with Crippen molar-refractivity contribution in [3.63, 3.8) is 0 Å². The van der Waals surface area contributed by atoms with Crippen LogP contribution in [0.4, 0.5) is 15.9 Å². The summed E-state index contributed by atoms with van der Waals surface area (Å²) < 4.78 is 39.9. The molecule has 1 heterocycles. The Labute approximate surface area is 165 Å². The van der Waals surface area contributed by atoms with Gasteiger partial charge in [-0.25, -0.2) is 12.8 Å². The van der Waals surface area contributed by atoms with E-state index in [1.807, 2.05) is 0 Å². The van der Waals surface area contributed by atoms with E-state index in [2.05, 4.69) is 20.2 Å². The third kappa shape index (κ3) is 5.24. The number of sulfonamides is 1. The summed E-state index contributed by atoms with van der Waals surface area (Å²) in [6.07, 6.45) is 0.0666.